The molecule has 0 saturated heterocycles. The molecule has 134 valence electrons. The van der Waals surface area contributed by atoms with Crippen LogP contribution >= 0.6 is 11.6 Å². The lowest BCUT2D eigenvalue weighted by Crippen LogP contribution is -2.13. The Morgan fingerprint density at radius 2 is 1.81 bits per heavy atom. The summed E-state index contributed by atoms with van der Waals surface area (Å²) in [4.78, 5) is 17.0. The third-order valence-electron chi connectivity index (χ3n) is 4.45. The molecule has 0 fully saturated rings. The van der Waals surface area contributed by atoms with Crippen molar-refractivity contribution >= 4 is 34.3 Å². The highest BCUT2D eigenvalue weighted by atomic mass is 35.5. The van der Waals surface area contributed by atoms with E-state index in [2.05, 4.69) is 10.3 Å². The Kier molecular flexibility index (Phi) is 4.42. The van der Waals surface area contributed by atoms with Gasteiger partial charge in [-0.15, -0.1) is 0 Å². The molecule has 0 radical (unpaired) electrons. The van der Waals surface area contributed by atoms with Gasteiger partial charge in [-0.3, -0.25) is 4.79 Å². The summed E-state index contributed by atoms with van der Waals surface area (Å²) in [5.74, 6) is 0.343. The number of carbonyl (C=O) groups is 1. The molecule has 0 aliphatic heterocycles. The fraction of sp³-hybridized carbons (Fsp3) is 0.0909. The van der Waals surface area contributed by atoms with Gasteiger partial charge in [0.15, 0.2) is 5.58 Å². The Labute approximate surface area is 161 Å². The molecule has 0 saturated carbocycles. The molecule has 0 bridgehead atoms. The number of hydrogen-bond donors (Lipinski definition) is 1. The number of aryl methyl sites for hydroxylation is 2. The second-order valence-corrected chi connectivity index (χ2v) is 6.84. The van der Waals surface area contributed by atoms with E-state index in [9.17, 15) is 4.79 Å². The summed E-state index contributed by atoms with van der Waals surface area (Å²) in [5, 5.41) is 3.58. The summed E-state index contributed by atoms with van der Waals surface area (Å²) in [7, 11) is 0. The molecule has 1 amide bonds. The summed E-state index contributed by atoms with van der Waals surface area (Å²) < 4.78 is 5.83. The van der Waals surface area contributed by atoms with Crippen molar-refractivity contribution in [3.8, 4) is 11.5 Å². The molecule has 27 heavy (non-hydrogen) atoms. The zero-order chi connectivity index (χ0) is 19.0. The summed E-state index contributed by atoms with van der Waals surface area (Å²) in [6.45, 7) is 3.86. The average molecular weight is 377 g/mol. The van der Waals surface area contributed by atoms with Crippen LogP contribution in [0, 0.1) is 13.8 Å². The fourth-order valence-electron chi connectivity index (χ4n) is 2.88. The zero-order valence-corrected chi connectivity index (χ0v) is 15.7. The lowest BCUT2D eigenvalue weighted by molar-refractivity contribution is 0.102. The predicted molar refractivity (Wildman–Crippen MR) is 108 cm³/mol. The van der Waals surface area contributed by atoms with Crippen molar-refractivity contribution in [3.05, 3.63) is 82.4 Å². The van der Waals surface area contributed by atoms with Gasteiger partial charge in [-0.25, -0.2) is 4.98 Å². The highest BCUT2D eigenvalue weighted by molar-refractivity contribution is 6.31. The van der Waals surface area contributed by atoms with Crippen LogP contribution in [0.15, 0.2) is 65.1 Å². The molecule has 4 nitrogen and oxygen atoms in total. The number of hydrogen-bond acceptors (Lipinski definition) is 3. The number of amides is 1. The van der Waals surface area contributed by atoms with E-state index in [1.807, 2.05) is 50.2 Å². The first kappa shape index (κ1) is 17.3. The topological polar surface area (TPSA) is 55.1 Å². The molecule has 5 heteroatoms. The number of nitrogens with zero attached hydrogens (tertiary/aromatic N) is 1. The van der Waals surface area contributed by atoms with Crippen molar-refractivity contribution in [3.63, 3.8) is 0 Å². The van der Waals surface area contributed by atoms with E-state index in [1.54, 1.807) is 24.3 Å². The molecule has 1 aromatic heterocycles. The number of oxazole rings is 1. The van der Waals surface area contributed by atoms with Crippen LogP contribution in [0.2, 0.25) is 5.02 Å². The number of anilines is 1. The van der Waals surface area contributed by atoms with Gasteiger partial charge in [0.1, 0.15) is 5.52 Å². The number of benzene rings is 3. The number of rotatable bonds is 3. The number of carbonyl (C=O) groups excluding carboxylic acids is 1. The summed E-state index contributed by atoms with van der Waals surface area (Å²) in [6, 6.07) is 18.6. The van der Waals surface area contributed by atoms with Crippen molar-refractivity contribution in [2.24, 2.45) is 0 Å². The number of fused-ring (bicyclic) bond motifs is 1. The summed E-state index contributed by atoms with van der Waals surface area (Å²) >= 11 is 6.20. The van der Waals surface area contributed by atoms with Crippen LogP contribution in [-0.4, -0.2) is 10.9 Å². The van der Waals surface area contributed by atoms with Crippen LogP contribution in [0.3, 0.4) is 0 Å². The van der Waals surface area contributed by atoms with Crippen molar-refractivity contribution in [2.75, 3.05) is 5.32 Å². The minimum atomic E-state index is -0.151. The summed E-state index contributed by atoms with van der Waals surface area (Å²) in [6.07, 6.45) is 0. The maximum absolute atomic E-state index is 12.5. The second kappa shape index (κ2) is 6.89. The van der Waals surface area contributed by atoms with E-state index in [1.165, 1.54) is 0 Å². The van der Waals surface area contributed by atoms with E-state index in [0.29, 0.717) is 33.3 Å². The zero-order valence-electron chi connectivity index (χ0n) is 14.9. The Morgan fingerprint density at radius 1 is 1.00 bits per heavy atom. The Morgan fingerprint density at radius 3 is 2.59 bits per heavy atom. The normalized spacial score (nSPS) is 10.9. The van der Waals surface area contributed by atoms with E-state index in [0.717, 1.165) is 16.7 Å². The smallest absolute Gasteiger partial charge is 0.255 e. The maximum Gasteiger partial charge on any atom is 0.255 e. The molecule has 0 spiro atoms. The van der Waals surface area contributed by atoms with E-state index >= 15 is 0 Å². The van der Waals surface area contributed by atoms with Gasteiger partial charge in [-0.1, -0.05) is 35.9 Å². The van der Waals surface area contributed by atoms with Gasteiger partial charge in [-0.2, -0.15) is 0 Å². The second-order valence-electron chi connectivity index (χ2n) is 6.43. The molecule has 3 aromatic carbocycles. The number of nitrogens with one attached hydrogen (secondary N) is 1. The highest BCUT2D eigenvalue weighted by Gasteiger charge is 2.12. The van der Waals surface area contributed by atoms with Gasteiger partial charge in [-0.05, 0) is 61.4 Å². The largest absolute Gasteiger partial charge is 0.436 e. The quantitative estimate of drug-likeness (QED) is 0.475. The fourth-order valence-corrected chi connectivity index (χ4v) is 3.06. The van der Waals surface area contributed by atoms with Crippen molar-refractivity contribution in [2.45, 2.75) is 13.8 Å². The molecule has 0 atom stereocenters. The van der Waals surface area contributed by atoms with Gasteiger partial charge in [0, 0.05) is 21.8 Å². The van der Waals surface area contributed by atoms with Crippen LogP contribution in [-0.2, 0) is 0 Å². The molecule has 4 rings (SSSR count). The molecule has 0 unspecified atom stereocenters. The standard InChI is InChI=1S/C22H17ClN2O2/c1-13-5-3-4-6-17(13)21(26)24-16-9-10-20-19(12-16)25-22(27-20)15-8-7-14(2)18(23)11-15/h3-12H,1-2H3,(H,24,26). The Hall–Kier alpha value is -3.11. The minimum absolute atomic E-state index is 0.151. The van der Waals surface area contributed by atoms with E-state index in [4.69, 9.17) is 16.0 Å². The average Bonchev–Trinajstić information content (AvgIpc) is 3.07. The molecule has 4 aromatic rings. The van der Waals surface area contributed by atoms with Gasteiger partial charge in [0.25, 0.3) is 5.91 Å². The van der Waals surface area contributed by atoms with E-state index < -0.39 is 0 Å². The van der Waals surface area contributed by atoms with Crippen molar-refractivity contribution in [1.29, 1.82) is 0 Å². The van der Waals surface area contributed by atoms with Crippen molar-refractivity contribution in [1.82, 2.24) is 4.98 Å². The highest BCUT2D eigenvalue weighted by Crippen LogP contribution is 2.29. The summed E-state index contributed by atoms with van der Waals surface area (Å²) in [5.41, 5.74) is 5.37. The van der Waals surface area contributed by atoms with Gasteiger partial charge >= 0.3 is 0 Å². The van der Waals surface area contributed by atoms with Crippen molar-refractivity contribution < 1.29 is 9.21 Å². The lowest BCUT2D eigenvalue weighted by atomic mass is 10.1. The van der Waals surface area contributed by atoms with Crippen LogP contribution in [0.5, 0.6) is 0 Å². The first-order chi connectivity index (χ1) is 13.0. The minimum Gasteiger partial charge on any atom is -0.436 e. The monoisotopic (exact) mass is 376 g/mol. The molecular weight excluding hydrogens is 360 g/mol. The van der Waals surface area contributed by atoms with Crippen LogP contribution in [0.1, 0.15) is 21.5 Å². The van der Waals surface area contributed by atoms with Crippen LogP contribution < -0.4 is 5.32 Å². The van der Waals surface area contributed by atoms with Gasteiger partial charge in [0.2, 0.25) is 5.89 Å². The molecule has 1 heterocycles. The first-order valence-electron chi connectivity index (χ1n) is 8.55. The molecule has 0 aliphatic rings. The molecular formula is C22H17ClN2O2. The van der Waals surface area contributed by atoms with Crippen LogP contribution in [0.25, 0.3) is 22.6 Å². The van der Waals surface area contributed by atoms with Gasteiger partial charge in [0.05, 0.1) is 0 Å². The Bertz CT molecular complexity index is 1160. The third-order valence-corrected chi connectivity index (χ3v) is 4.86. The maximum atomic E-state index is 12.5. The Balaban J connectivity index is 1.64. The molecule has 1 N–H and O–H groups in total. The lowest BCUT2D eigenvalue weighted by Gasteiger charge is -2.07. The third kappa shape index (κ3) is 3.44. The van der Waals surface area contributed by atoms with Crippen LogP contribution in [0.4, 0.5) is 5.69 Å². The first-order valence-corrected chi connectivity index (χ1v) is 8.93. The molecule has 0 aliphatic carbocycles. The predicted octanol–water partition coefficient (Wildman–Crippen LogP) is 6.02. The SMILES string of the molecule is Cc1ccc(-c2nc3cc(NC(=O)c4ccccc4C)ccc3o2)cc1Cl. The number of halogens is 1. The van der Waals surface area contributed by atoms with E-state index in [-0.39, 0.29) is 5.91 Å². The number of aromatic nitrogens is 1. The van der Waals surface area contributed by atoms with Gasteiger partial charge < -0.3 is 9.73 Å².